The first-order valence-corrected chi connectivity index (χ1v) is 5.28. The van der Waals surface area contributed by atoms with Gasteiger partial charge >= 0.3 is 0 Å². The summed E-state index contributed by atoms with van der Waals surface area (Å²) in [5.74, 6) is -3.06. The predicted molar refractivity (Wildman–Crippen MR) is 61.1 cm³/mol. The summed E-state index contributed by atoms with van der Waals surface area (Å²) in [6, 6.07) is 1.26. The maximum absolute atomic E-state index is 13.7. The molecule has 0 aliphatic heterocycles. The van der Waals surface area contributed by atoms with E-state index >= 15 is 0 Å². The summed E-state index contributed by atoms with van der Waals surface area (Å²) in [5, 5.41) is 0. The molecule has 0 spiro atoms. The van der Waals surface area contributed by atoms with Crippen molar-refractivity contribution in [1.82, 2.24) is 9.97 Å². The minimum atomic E-state index is -1.24. The first kappa shape index (κ1) is 12.3. The van der Waals surface area contributed by atoms with Gasteiger partial charge in [-0.3, -0.25) is 0 Å². The Hall–Kier alpha value is -2.11. The molecule has 94 valence electrons. The van der Waals surface area contributed by atoms with Gasteiger partial charge in [-0.25, -0.2) is 23.1 Å². The van der Waals surface area contributed by atoms with E-state index in [1.54, 1.807) is 6.92 Å². The molecule has 0 atom stereocenters. The second-order valence-electron chi connectivity index (χ2n) is 3.69. The molecule has 1 heterocycles. The highest BCUT2D eigenvalue weighted by molar-refractivity contribution is 5.67. The van der Waals surface area contributed by atoms with Crippen molar-refractivity contribution >= 4 is 5.82 Å². The quantitative estimate of drug-likeness (QED) is 0.837. The average molecular weight is 253 g/mol. The van der Waals surface area contributed by atoms with Gasteiger partial charge in [-0.05, 0) is 12.5 Å². The lowest BCUT2D eigenvalue weighted by Crippen LogP contribution is -2.03. The fourth-order valence-corrected chi connectivity index (χ4v) is 1.71. The second kappa shape index (κ2) is 4.64. The van der Waals surface area contributed by atoms with Gasteiger partial charge in [0, 0.05) is 17.2 Å². The highest BCUT2D eigenvalue weighted by Crippen LogP contribution is 2.28. The van der Waals surface area contributed by atoms with Gasteiger partial charge in [0.15, 0.2) is 11.6 Å². The molecule has 0 fully saturated rings. The van der Waals surface area contributed by atoms with Gasteiger partial charge in [0.2, 0.25) is 0 Å². The van der Waals surface area contributed by atoms with Gasteiger partial charge in [0.25, 0.3) is 0 Å². The Balaban J connectivity index is 2.69. The van der Waals surface area contributed by atoms with E-state index in [1.165, 1.54) is 0 Å². The van der Waals surface area contributed by atoms with Gasteiger partial charge in [0.05, 0.1) is 5.69 Å². The van der Waals surface area contributed by atoms with Gasteiger partial charge < -0.3 is 5.73 Å². The number of hydrogen-bond donors (Lipinski definition) is 1. The summed E-state index contributed by atoms with van der Waals surface area (Å²) in [4.78, 5) is 7.67. The molecule has 2 aromatic rings. The van der Waals surface area contributed by atoms with Crippen LogP contribution in [0.15, 0.2) is 18.5 Å². The normalized spacial score (nSPS) is 10.7. The van der Waals surface area contributed by atoms with E-state index in [0.29, 0.717) is 18.1 Å². The standard InChI is InChI=1S/C12H10F3N3/c1-2-6-11(17-5-18-12(6)16)7-3-9(14)10(15)4-8(7)13/h3-5H,2H2,1H3,(H2,16,17,18). The molecule has 2 N–H and O–H groups in total. The van der Waals surface area contributed by atoms with Gasteiger partial charge in [-0.15, -0.1) is 0 Å². The minimum absolute atomic E-state index is 0.125. The highest BCUT2D eigenvalue weighted by Gasteiger charge is 2.16. The molecule has 3 nitrogen and oxygen atoms in total. The zero-order chi connectivity index (χ0) is 13.3. The van der Waals surface area contributed by atoms with Gasteiger partial charge in [-0.1, -0.05) is 6.92 Å². The van der Waals surface area contributed by atoms with Crippen LogP contribution in [0.4, 0.5) is 19.0 Å². The van der Waals surface area contributed by atoms with E-state index in [1.807, 2.05) is 0 Å². The molecule has 0 aliphatic carbocycles. The summed E-state index contributed by atoms with van der Waals surface area (Å²) in [6.07, 6.45) is 1.62. The lowest BCUT2D eigenvalue weighted by molar-refractivity contribution is 0.496. The minimum Gasteiger partial charge on any atom is -0.383 e. The van der Waals surface area contributed by atoms with E-state index in [-0.39, 0.29) is 17.1 Å². The average Bonchev–Trinajstić information content (AvgIpc) is 2.33. The maximum Gasteiger partial charge on any atom is 0.161 e. The summed E-state index contributed by atoms with van der Waals surface area (Å²) in [6.45, 7) is 1.79. The maximum atomic E-state index is 13.7. The van der Waals surface area contributed by atoms with Crippen LogP contribution < -0.4 is 5.73 Å². The van der Waals surface area contributed by atoms with Crippen LogP contribution in [0.5, 0.6) is 0 Å². The molecule has 18 heavy (non-hydrogen) atoms. The van der Waals surface area contributed by atoms with Crippen LogP contribution in [0, 0.1) is 17.5 Å². The molecule has 0 aliphatic rings. The molecule has 1 aromatic heterocycles. The molecule has 2 rings (SSSR count). The van der Waals surface area contributed by atoms with Crippen LogP contribution in [-0.4, -0.2) is 9.97 Å². The van der Waals surface area contributed by atoms with Gasteiger partial charge in [0.1, 0.15) is 18.0 Å². The largest absolute Gasteiger partial charge is 0.383 e. The number of halogens is 3. The molecule has 0 unspecified atom stereocenters. The van der Waals surface area contributed by atoms with E-state index in [9.17, 15) is 13.2 Å². The number of nitrogens with zero attached hydrogens (tertiary/aromatic N) is 2. The molecule has 0 radical (unpaired) electrons. The fourth-order valence-electron chi connectivity index (χ4n) is 1.71. The number of rotatable bonds is 2. The van der Waals surface area contributed by atoms with E-state index < -0.39 is 17.5 Å². The number of hydrogen-bond acceptors (Lipinski definition) is 3. The van der Waals surface area contributed by atoms with Crippen LogP contribution in [-0.2, 0) is 6.42 Å². The van der Waals surface area contributed by atoms with Crippen LogP contribution in [0.25, 0.3) is 11.3 Å². The summed E-state index contributed by atoms with van der Waals surface area (Å²) in [5.41, 5.74) is 6.20. The van der Waals surface area contributed by atoms with Crippen LogP contribution >= 0.6 is 0 Å². The van der Waals surface area contributed by atoms with Crippen molar-refractivity contribution in [2.75, 3.05) is 5.73 Å². The number of anilines is 1. The van der Waals surface area contributed by atoms with E-state index in [2.05, 4.69) is 9.97 Å². The molecule has 0 amide bonds. The van der Waals surface area contributed by atoms with Crippen molar-refractivity contribution in [3.05, 3.63) is 41.5 Å². The summed E-state index contributed by atoms with van der Waals surface area (Å²) in [7, 11) is 0. The Labute approximate surface area is 101 Å². The number of nitrogen functional groups attached to an aromatic ring is 1. The number of benzene rings is 1. The summed E-state index contributed by atoms with van der Waals surface area (Å²) < 4.78 is 39.7. The Kier molecular flexibility index (Phi) is 3.18. The molecule has 0 saturated carbocycles. The van der Waals surface area contributed by atoms with E-state index in [4.69, 9.17) is 5.73 Å². The molecular formula is C12H10F3N3. The number of nitrogens with two attached hydrogens (primary N) is 1. The molecule has 1 aromatic carbocycles. The smallest absolute Gasteiger partial charge is 0.161 e. The van der Waals surface area contributed by atoms with Crippen LogP contribution in [0.3, 0.4) is 0 Å². The first-order valence-electron chi connectivity index (χ1n) is 5.28. The van der Waals surface area contributed by atoms with Gasteiger partial charge in [-0.2, -0.15) is 0 Å². The van der Waals surface area contributed by atoms with Crippen molar-refractivity contribution in [2.45, 2.75) is 13.3 Å². The lowest BCUT2D eigenvalue weighted by atomic mass is 10.0. The molecule has 0 bridgehead atoms. The SMILES string of the molecule is CCc1c(N)ncnc1-c1cc(F)c(F)cc1F. The third-order valence-corrected chi connectivity index (χ3v) is 2.60. The Morgan fingerprint density at radius 2 is 1.72 bits per heavy atom. The molecular weight excluding hydrogens is 243 g/mol. The Morgan fingerprint density at radius 1 is 1.06 bits per heavy atom. The second-order valence-corrected chi connectivity index (χ2v) is 3.69. The number of aromatic nitrogens is 2. The Bertz CT molecular complexity index is 599. The Morgan fingerprint density at radius 3 is 2.39 bits per heavy atom. The first-order chi connectivity index (χ1) is 8.54. The third-order valence-electron chi connectivity index (χ3n) is 2.60. The van der Waals surface area contributed by atoms with Crippen molar-refractivity contribution < 1.29 is 13.2 Å². The van der Waals surface area contributed by atoms with E-state index in [0.717, 1.165) is 12.4 Å². The highest BCUT2D eigenvalue weighted by atomic mass is 19.2. The van der Waals surface area contributed by atoms with Crippen molar-refractivity contribution in [1.29, 1.82) is 0 Å². The van der Waals surface area contributed by atoms with Crippen molar-refractivity contribution in [2.24, 2.45) is 0 Å². The fraction of sp³-hybridized carbons (Fsp3) is 0.167. The van der Waals surface area contributed by atoms with Crippen LogP contribution in [0.1, 0.15) is 12.5 Å². The molecule has 0 saturated heterocycles. The zero-order valence-electron chi connectivity index (χ0n) is 9.54. The van der Waals surface area contributed by atoms with Crippen molar-refractivity contribution in [3.8, 4) is 11.3 Å². The third kappa shape index (κ3) is 2.01. The zero-order valence-corrected chi connectivity index (χ0v) is 9.54. The predicted octanol–water partition coefficient (Wildman–Crippen LogP) is 2.71. The topological polar surface area (TPSA) is 51.8 Å². The van der Waals surface area contributed by atoms with Crippen molar-refractivity contribution in [3.63, 3.8) is 0 Å². The summed E-state index contributed by atoms with van der Waals surface area (Å²) >= 11 is 0. The monoisotopic (exact) mass is 253 g/mol. The lowest BCUT2D eigenvalue weighted by Gasteiger charge is -2.09. The molecule has 6 heteroatoms. The van der Waals surface area contributed by atoms with Crippen LogP contribution in [0.2, 0.25) is 0 Å².